The average molecular weight is 543 g/mol. The lowest BCUT2D eigenvalue weighted by molar-refractivity contribution is 0.943. The highest BCUT2D eigenvalue weighted by molar-refractivity contribution is 14.1. The number of halogens is 2. The van der Waals surface area contributed by atoms with E-state index in [0.717, 1.165) is 19.3 Å². The molecule has 5 heteroatoms. The summed E-state index contributed by atoms with van der Waals surface area (Å²) in [4.78, 5) is 18.1. The first-order valence-electron chi connectivity index (χ1n) is 8.74. The smallest absolute Gasteiger partial charge is 0.266 e. The molecule has 0 N–H and O–H groups in total. The Labute approximate surface area is 185 Å². The second-order valence-corrected chi connectivity index (χ2v) is 8.66. The predicted octanol–water partition coefficient (Wildman–Crippen LogP) is 6.23. The van der Waals surface area contributed by atoms with Crippen molar-refractivity contribution in [2.45, 2.75) is 6.92 Å². The minimum atomic E-state index is -0.0743. The molecule has 0 saturated carbocycles. The van der Waals surface area contributed by atoms with E-state index in [2.05, 4.69) is 57.6 Å². The zero-order valence-electron chi connectivity index (χ0n) is 15.1. The maximum Gasteiger partial charge on any atom is 0.266 e. The fraction of sp³-hybridized carbons (Fsp3) is 0.0435. The van der Waals surface area contributed by atoms with Crippen molar-refractivity contribution < 1.29 is 0 Å². The first-order valence-corrected chi connectivity index (χ1v) is 10.6. The Kier molecular flexibility index (Phi) is 5.46. The quantitative estimate of drug-likeness (QED) is 0.288. The van der Waals surface area contributed by atoms with Crippen molar-refractivity contribution in [3.8, 4) is 5.69 Å². The minimum absolute atomic E-state index is 0.0743. The fourth-order valence-corrected chi connectivity index (χ4v) is 3.83. The van der Waals surface area contributed by atoms with Crippen LogP contribution in [0.2, 0.25) is 0 Å². The summed E-state index contributed by atoms with van der Waals surface area (Å²) in [6.45, 7) is 2.06. The Morgan fingerprint density at radius 3 is 2.54 bits per heavy atom. The Morgan fingerprint density at radius 1 is 1.00 bits per heavy atom. The zero-order valence-corrected chi connectivity index (χ0v) is 18.8. The van der Waals surface area contributed by atoms with E-state index in [1.54, 1.807) is 4.57 Å². The Balaban J connectivity index is 1.95. The topological polar surface area (TPSA) is 34.9 Å². The van der Waals surface area contributed by atoms with Gasteiger partial charge in [-0.15, -0.1) is 0 Å². The van der Waals surface area contributed by atoms with Crippen molar-refractivity contribution >= 4 is 61.6 Å². The molecule has 3 nitrogen and oxygen atoms in total. The SMILES string of the molecule is Cc1cccc(/C=C/c2nc3ccc(I)cc3c(=O)n2-c2ccc(Br)cc2)c1. The molecule has 0 bridgehead atoms. The van der Waals surface area contributed by atoms with Gasteiger partial charge in [-0.05, 0) is 83.6 Å². The molecule has 3 aromatic carbocycles. The first kappa shape index (κ1) is 19.1. The van der Waals surface area contributed by atoms with E-state index >= 15 is 0 Å². The highest BCUT2D eigenvalue weighted by atomic mass is 127. The summed E-state index contributed by atoms with van der Waals surface area (Å²) < 4.78 is 3.64. The number of aromatic nitrogens is 2. The Morgan fingerprint density at radius 2 is 1.79 bits per heavy atom. The average Bonchev–Trinajstić information content (AvgIpc) is 2.68. The van der Waals surface area contributed by atoms with Crippen LogP contribution in [0.15, 0.2) is 76.0 Å². The molecule has 0 unspecified atom stereocenters. The van der Waals surface area contributed by atoms with Crippen LogP contribution in [-0.4, -0.2) is 9.55 Å². The van der Waals surface area contributed by atoms with Gasteiger partial charge in [-0.25, -0.2) is 4.98 Å². The largest absolute Gasteiger partial charge is 0.268 e. The summed E-state index contributed by atoms with van der Waals surface area (Å²) >= 11 is 5.67. The molecule has 0 aliphatic carbocycles. The minimum Gasteiger partial charge on any atom is -0.268 e. The van der Waals surface area contributed by atoms with Gasteiger partial charge in [0.05, 0.1) is 16.6 Å². The molecule has 0 atom stereocenters. The van der Waals surface area contributed by atoms with Gasteiger partial charge in [0.1, 0.15) is 5.82 Å². The van der Waals surface area contributed by atoms with E-state index in [0.29, 0.717) is 16.7 Å². The number of hydrogen-bond acceptors (Lipinski definition) is 2. The molecule has 1 aromatic heterocycles. The molecule has 4 aromatic rings. The van der Waals surface area contributed by atoms with Crippen LogP contribution >= 0.6 is 38.5 Å². The summed E-state index contributed by atoms with van der Waals surface area (Å²) in [7, 11) is 0. The molecule has 0 saturated heterocycles. The molecule has 0 fully saturated rings. The summed E-state index contributed by atoms with van der Waals surface area (Å²) in [5.41, 5.74) is 3.66. The van der Waals surface area contributed by atoms with Gasteiger partial charge in [-0.2, -0.15) is 0 Å². The van der Waals surface area contributed by atoms with E-state index in [-0.39, 0.29) is 5.56 Å². The van der Waals surface area contributed by atoms with E-state index < -0.39 is 0 Å². The van der Waals surface area contributed by atoms with Crippen LogP contribution < -0.4 is 5.56 Å². The van der Waals surface area contributed by atoms with Crippen LogP contribution in [-0.2, 0) is 0 Å². The Hall–Kier alpha value is -2.25. The van der Waals surface area contributed by atoms with Gasteiger partial charge in [-0.1, -0.05) is 51.8 Å². The van der Waals surface area contributed by atoms with Gasteiger partial charge < -0.3 is 0 Å². The van der Waals surface area contributed by atoms with Gasteiger partial charge in [0.25, 0.3) is 5.56 Å². The van der Waals surface area contributed by atoms with Gasteiger partial charge in [0, 0.05) is 8.04 Å². The lowest BCUT2D eigenvalue weighted by Gasteiger charge is -2.12. The monoisotopic (exact) mass is 542 g/mol. The van der Waals surface area contributed by atoms with Crippen LogP contribution in [0.4, 0.5) is 0 Å². The summed E-state index contributed by atoms with van der Waals surface area (Å²) in [6, 6.07) is 21.6. The summed E-state index contributed by atoms with van der Waals surface area (Å²) in [5.74, 6) is 0.600. The van der Waals surface area contributed by atoms with Gasteiger partial charge in [0.15, 0.2) is 0 Å². The van der Waals surface area contributed by atoms with Crippen molar-refractivity contribution in [1.82, 2.24) is 9.55 Å². The first-order chi connectivity index (χ1) is 13.5. The molecule has 0 spiro atoms. The van der Waals surface area contributed by atoms with Crippen LogP contribution in [0.3, 0.4) is 0 Å². The van der Waals surface area contributed by atoms with Gasteiger partial charge in [0.2, 0.25) is 0 Å². The molecule has 28 heavy (non-hydrogen) atoms. The number of aryl methyl sites for hydroxylation is 1. The Bertz CT molecular complexity index is 1260. The summed E-state index contributed by atoms with van der Waals surface area (Å²) in [6.07, 6.45) is 3.89. The number of benzene rings is 3. The molecule has 0 radical (unpaired) electrons. The third-order valence-corrected chi connectivity index (χ3v) is 5.61. The van der Waals surface area contributed by atoms with Crippen molar-refractivity contribution in [3.63, 3.8) is 0 Å². The van der Waals surface area contributed by atoms with Crippen molar-refractivity contribution in [2.75, 3.05) is 0 Å². The number of nitrogens with zero attached hydrogens (tertiary/aromatic N) is 2. The van der Waals surface area contributed by atoms with E-state index in [1.165, 1.54) is 5.56 Å². The van der Waals surface area contributed by atoms with Crippen LogP contribution in [0.25, 0.3) is 28.7 Å². The second kappa shape index (κ2) is 8.01. The summed E-state index contributed by atoms with van der Waals surface area (Å²) in [5, 5.41) is 0.613. The highest BCUT2D eigenvalue weighted by Gasteiger charge is 2.11. The standard InChI is InChI=1S/C23H16BrIN2O/c1-15-3-2-4-16(13-15)5-12-22-26-21-11-8-18(25)14-20(21)23(28)27(22)19-9-6-17(24)7-10-19/h2-14H,1H3/b12-5+. The highest BCUT2D eigenvalue weighted by Crippen LogP contribution is 2.19. The van der Waals surface area contributed by atoms with E-state index in [9.17, 15) is 4.79 Å². The molecular weight excluding hydrogens is 527 g/mol. The molecular formula is C23H16BrIN2O. The van der Waals surface area contributed by atoms with E-state index in [1.807, 2.05) is 66.7 Å². The maximum atomic E-state index is 13.3. The molecule has 0 amide bonds. The van der Waals surface area contributed by atoms with Crippen molar-refractivity contribution in [1.29, 1.82) is 0 Å². The molecule has 0 aliphatic heterocycles. The van der Waals surface area contributed by atoms with Gasteiger partial charge >= 0.3 is 0 Å². The third-order valence-electron chi connectivity index (χ3n) is 4.41. The van der Waals surface area contributed by atoms with Crippen LogP contribution in [0.5, 0.6) is 0 Å². The number of rotatable bonds is 3. The number of fused-ring (bicyclic) bond motifs is 1. The lowest BCUT2D eigenvalue weighted by Crippen LogP contribution is -2.22. The third kappa shape index (κ3) is 3.95. The van der Waals surface area contributed by atoms with Crippen LogP contribution in [0, 0.1) is 10.5 Å². The maximum absolute atomic E-state index is 13.3. The van der Waals surface area contributed by atoms with E-state index in [4.69, 9.17) is 4.98 Å². The fourth-order valence-electron chi connectivity index (χ4n) is 3.07. The van der Waals surface area contributed by atoms with Crippen molar-refractivity contribution in [2.24, 2.45) is 0 Å². The molecule has 0 aliphatic rings. The molecule has 1 heterocycles. The second-order valence-electron chi connectivity index (χ2n) is 6.50. The predicted molar refractivity (Wildman–Crippen MR) is 128 cm³/mol. The molecule has 138 valence electrons. The van der Waals surface area contributed by atoms with Crippen LogP contribution in [0.1, 0.15) is 17.0 Å². The number of hydrogen-bond donors (Lipinski definition) is 0. The normalized spacial score (nSPS) is 11.4. The van der Waals surface area contributed by atoms with Gasteiger partial charge in [-0.3, -0.25) is 9.36 Å². The molecule has 4 rings (SSSR count). The zero-order chi connectivity index (χ0) is 19.7. The lowest BCUT2D eigenvalue weighted by atomic mass is 10.1. The van der Waals surface area contributed by atoms with Crippen molar-refractivity contribution in [3.05, 3.63) is 102 Å².